The van der Waals surface area contributed by atoms with Crippen LogP contribution in [0.25, 0.3) is 6.08 Å². The number of carbonyl (C=O) groups excluding carboxylic acids is 1. The molecule has 102 valence electrons. The molecule has 1 saturated heterocycles. The van der Waals surface area contributed by atoms with E-state index in [9.17, 15) is 9.18 Å². The lowest BCUT2D eigenvalue weighted by molar-refractivity contribution is -0.137. The van der Waals surface area contributed by atoms with Gasteiger partial charge in [-0.3, -0.25) is 4.79 Å². The number of halogens is 1. The van der Waals surface area contributed by atoms with Crippen LogP contribution in [0.3, 0.4) is 0 Å². The van der Waals surface area contributed by atoms with Gasteiger partial charge in [-0.2, -0.15) is 0 Å². The molecule has 1 aromatic rings. The number of benzene rings is 1. The number of morpholine rings is 1. The van der Waals surface area contributed by atoms with Crippen LogP contribution in [0, 0.1) is 5.82 Å². The molecule has 1 aromatic carbocycles. The van der Waals surface area contributed by atoms with Crippen molar-refractivity contribution in [2.45, 2.75) is 26.0 Å². The normalized spacial score (nSPS) is 23.8. The summed E-state index contributed by atoms with van der Waals surface area (Å²) < 4.78 is 18.9. The van der Waals surface area contributed by atoms with Crippen molar-refractivity contribution in [1.82, 2.24) is 4.90 Å². The Hall–Kier alpha value is -1.68. The van der Waals surface area contributed by atoms with Crippen molar-refractivity contribution in [3.8, 4) is 0 Å². The molecule has 3 nitrogen and oxygen atoms in total. The molecule has 19 heavy (non-hydrogen) atoms. The van der Waals surface area contributed by atoms with Crippen molar-refractivity contribution in [1.29, 1.82) is 0 Å². The fourth-order valence-electron chi connectivity index (χ4n) is 2.08. The van der Waals surface area contributed by atoms with Crippen LogP contribution in [-0.2, 0) is 9.53 Å². The summed E-state index contributed by atoms with van der Waals surface area (Å²) in [4.78, 5) is 13.9. The molecule has 2 rings (SSSR count). The standard InChI is InChI=1S/C15H18FNO2/c1-11-10-19-12(2)9-17(11)15(18)8-7-13-5-3-4-6-14(13)16/h3-8,11-12H,9-10H2,1-2H3/b8-7-/t11-,12-/m1/s1. The third-order valence-electron chi connectivity index (χ3n) is 3.20. The van der Waals surface area contributed by atoms with Gasteiger partial charge >= 0.3 is 0 Å². The van der Waals surface area contributed by atoms with Crippen LogP contribution in [0.4, 0.5) is 4.39 Å². The van der Waals surface area contributed by atoms with Gasteiger partial charge in [-0.1, -0.05) is 18.2 Å². The first kappa shape index (κ1) is 13.7. The second-order valence-corrected chi connectivity index (χ2v) is 4.84. The molecule has 1 aliphatic heterocycles. The Morgan fingerprint density at radius 3 is 2.89 bits per heavy atom. The van der Waals surface area contributed by atoms with Gasteiger partial charge in [0.15, 0.2) is 0 Å². The van der Waals surface area contributed by atoms with Crippen LogP contribution >= 0.6 is 0 Å². The summed E-state index contributed by atoms with van der Waals surface area (Å²) in [6.07, 6.45) is 2.99. The van der Waals surface area contributed by atoms with Crippen molar-refractivity contribution in [3.63, 3.8) is 0 Å². The molecular formula is C15H18FNO2. The van der Waals surface area contributed by atoms with E-state index in [-0.39, 0.29) is 23.9 Å². The highest BCUT2D eigenvalue weighted by Crippen LogP contribution is 2.13. The summed E-state index contributed by atoms with van der Waals surface area (Å²) in [5.74, 6) is -0.430. The zero-order valence-corrected chi connectivity index (χ0v) is 11.2. The Morgan fingerprint density at radius 2 is 2.16 bits per heavy atom. The van der Waals surface area contributed by atoms with E-state index >= 15 is 0 Å². The van der Waals surface area contributed by atoms with Gasteiger partial charge in [0.05, 0.1) is 18.8 Å². The Balaban J connectivity index is 2.06. The van der Waals surface area contributed by atoms with E-state index < -0.39 is 0 Å². The van der Waals surface area contributed by atoms with Gasteiger partial charge in [-0.15, -0.1) is 0 Å². The van der Waals surface area contributed by atoms with Crippen LogP contribution in [0.1, 0.15) is 19.4 Å². The number of nitrogens with zero attached hydrogens (tertiary/aromatic N) is 1. The molecule has 0 unspecified atom stereocenters. The smallest absolute Gasteiger partial charge is 0.246 e. The van der Waals surface area contributed by atoms with E-state index in [1.54, 1.807) is 23.1 Å². The summed E-state index contributed by atoms with van der Waals surface area (Å²) in [7, 11) is 0. The highest BCUT2D eigenvalue weighted by Gasteiger charge is 2.25. The zero-order valence-electron chi connectivity index (χ0n) is 11.2. The van der Waals surface area contributed by atoms with Crippen LogP contribution < -0.4 is 0 Å². The number of ether oxygens (including phenoxy) is 1. The Morgan fingerprint density at radius 1 is 1.42 bits per heavy atom. The van der Waals surface area contributed by atoms with Gasteiger partial charge in [0.1, 0.15) is 5.82 Å². The van der Waals surface area contributed by atoms with Crippen LogP contribution in [-0.4, -0.2) is 36.1 Å². The van der Waals surface area contributed by atoms with Gasteiger partial charge in [-0.05, 0) is 26.0 Å². The first-order chi connectivity index (χ1) is 9.08. The molecule has 0 bridgehead atoms. The van der Waals surface area contributed by atoms with Crippen molar-refractivity contribution >= 4 is 12.0 Å². The summed E-state index contributed by atoms with van der Waals surface area (Å²) in [5, 5.41) is 0. The monoisotopic (exact) mass is 263 g/mol. The molecular weight excluding hydrogens is 245 g/mol. The predicted molar refractivity (Wildman–Crippen MR) is 72.0 cm³/mol. The Labute approximate surface area is 112 Å². The maximum Gasteiger partial charge on any atom is 0.246 e. The van der Waals surface area contributed by atoms with Crippen molar-refractivity contribution in [3.05, 3.63) is 41.7 Å². The lowest BCUT2D eigenvalue weighted by atomic mass is 10.1. The molecule has 4 heteroatoms. The van der Waals surface area contributed by atoms with Crippen LogP contribution in [0.5, 0.6) is 0 Å². The molecule has 0 spiro atoms. The summed E-state index contributed by atoms with van der Waals surface area (Å²) in [6, 6.07) is 6.44. The summed E-state index contributed by atoms with van der Waals surface area (Å²) in [5.41, 5.74) is 0.421. The largest absolute Gasteiger partial charge is 0.375 e. The second kappa shape index (κ2) is 5.97. The molecule has 0 aromatic heterocycles. The molecule has 0 aliphatic carbocycles. The van der Waals surface area contributed by atoms with Crippen LogP contribution in [0.15, 0.2) is 30.3 Å². The second-order valence-electron chi connectivity index (χ2n) is 4.84. The molecule has 1 amide bonds. The van der Waals surface area contributed by atoms with Gasteiger partial charge in [-0.25, -0.2) is 4.39 Å². The fourth-order valence-corrected chi connectivity index (χ4v) is 2.08. The Kier molecular flexibility index (Phi) is 4.32. The van der Waals surface area contributed by atoms with E-state index in [0.717, 1.165) is 0 Å². The van der Waals surface area contributed by atoms with E-state index in [4.69, 9.17) is 4.74 Å². The van der Waals surface area contributed by atoms with Gasteiger partial charge in [0.25, 0.3) is 0 Å². The minimum atomic E-state index is -0.324. The number of amides is 1. The van der Waals surface area contributed by atoms with E-state index in [0.29, 0.717) is 18.7 Å². The lowest BCUT2D eigenvalue weighted by Crippen LogP contribution is -2.49. The van der Waals surface area contributed by atoms with Gasteiger partial charge in [0, 0.05) is 18.2 Å². The van der Waals surface area contributed by atoms with Gasteiger partial charge in [0.2, 0.25) is 5.91 Å². The SMILES string of the molecule is C[C@@H]1CN(C(=O)/C=C\c2ccccc2F)[C@H](C)CO1. The van der Waals surface area contributed by atoms with E-state index in [1.165, 1.54) is 18.2 Å². The molecule has 1 fully saturated rings. The highest BCUT2D eigenvalue weighted by molar-refractivity contribution is 5.92. The van der Waals surface area contributed by atoms with Crippen LogP contribution in [0.2, 0.25) is 0 Å². The molecule has 0 saturated carbocycles. The molecule has 0 radical (unpaired) electrons. The minimum Gasteiger partial charge on any atom is -0.375 e. The molecule has 0 N–H and O–H groups in total. The van der Waals surface area contributed by atoms with Gasteiger partial charge < -0.3 is 9.64 Å². The first-order valence-corrected chi connectivity index (χ1v) is 6.42. The number of hydrogen-bond acceptors (Lipinski definition) is 2. The summed E-state index contributed by atoms with van der Waals surface area (Å²) >= 11 is 0. The summed E-state index contributed by atoms with van der Waals surface area (Å²) in [6.45, 7) is 5.00. The third kappa shape index (κ3) is 3.41. The van der Waals surface area contributed by atoms with Crippen molar-refractivity contribution in [2.24, 2.45) is 0 Å². The maximum absolute atomic E-state index is 13.4. The topological polar surface area (TPSA) is 29.5 Å². The number of hydrogen-bond donors (Lipinski definition) is 0. The highest BCUT2D eigenvalue weighted by atomic mass is 19.1. The molecule has 1 heterocycles. The quantitative estimate of drug-likeness (QED) is 0.767. The lowest BCUT2D eigenvalue weighted by Gasteiger charge is -2.36. The van der Waals surface area contributed by atoms with Crippen molar-refractivity contribution < 1.29 is 13.9 Å². The zero-order chi connectivity index (χ0) is 13.8. The minimum absolute atomic E-state index is 0.0435. The number of carbonyl (C=O) groups is 1. The number of rotatable bonds is 2. The molecule has 2 atom stereocenters. The average Bonchev–Trinajstić information content (AvgIpc) is 2.40. The first-order valence-electron chi connectivity index (χ1n) is 6.42. The van der Waals surface area contributed by atoms with E-state index in [1.807, 2.05) is 13.8 Å². The fraction of sp³-hybridized carbons (Fsp3) is 0.400. The predicted octanol–water partition coefficient (Wildman–Crippen LogP) is 2.47. The Bertz CT molecular complexity index is 487. The average molecular weight is 263 g/mol. The van der Waals surface area contributed by atoms with E-state index in [2.05, 4.69) is 0 Å². The molecule has 1 aliphatic rings. The third-order valence-corrected chi connectivity index (χ3v) is 3.20. The maximum atomic E-state index is 13.4. The van der Waals surface area contributed by atoms with Crippen molar-refractivity contribution in [2.75, 3.05) is 13.2 Å².